The SMILES string of the molecule is Cc1ccccc1OCS. The van der Waals surface area contributed by atoms with Crippen molar-refractivity contribution in [1.82, 2.24) is 0 Å². The van der Waals surface area contributed by atoms with Crippen LogP contribution in [0.4, 0.5) is 0 Å². The molecule has 0 N–H and O–H groups in total. The number of para-hydroxylation sites is 1. The molecule has 1 aromatic rings. The predicted octanol–water partition coefficient (Wildman–Crippen LogP) is 2.26. The van der Waals surface area contributed by atoms with E-state index < -0.39 is 0 Å². The minimum atomic E-state index is 0.435. The Morgan fingerprint density at radius 2 is 2.10 bits per heavy atom. The Morgan fingerprint density at radius 3 is 2.70 bits per heavy atom. The van der Waals surface area contributed by atoms with Crippen LogP contribution < -0.4 is 4.74 Å². The lowest BCUT2D eigenvalue weighted by Crippen LogP contribution is -1.90. The second-order valence-corrected chi connectivity index (χ2v) is 2.30. The van der Waals surface area contributed by atoms with Crippen LogP contribution in [0.15, 0.2) is 24.3 Å². The molecule has 0 aliphatic rings. The first kappa shape index (κ1) is 7.48. The quantitative estimate of drug-likeness (QED) is 0.508. The second-order valence-electron chi connectivity index (χ2n) is 2.04. The standard InChI is InChI=1S/C8H10OS/c1-7-4-2-3-5-8(7)9-6-10/h2-5,10H,6H2,1H3. The van der Waals surface area contributed by atoms with Gasteiger partial charge in [-0.1, -0.05) is 18.2 Å². The maximum atomic E-state index is 5.20. The van der Waals surface area contributed by atoms with Gasteiger partial charge in [-0.15, -0.1) is 12.6 Å². The molecule has 0 aliphatic heterocycles. The van der Waals surface area contributed by atoms with E-state index in [0.717, 1.165) is 11.3 Å². The van der Waals surface area contributed by atoms with Crippen LogP contribution in [0.25, 0.3) is 0 Å². The zero-order valence-electron chi connectivity index (χ0n) is 5.87. The summed E-state index contributed by atoms with van der Waals surface area (Å²) in [5, 5.41) is 0. The first-order chi connectivity index (χ1) is 4.84. The van der Waals surface area contributed by atoms with Crippen molar-refractivity contribution in [3.63, 3.8) is 0 Å². The van der Waals surface area contributed by atoms with Gasteiger partial charge in [-0.05, 0) is 18.6 Å². The minimum absolute atomic E-state index is 0.435. The molecule has 54 valence electrons. The van der Waals surface area contributed by atoms with Crippen LogP contribution in [0.2, 0.25) is 0 Å². The van der Waals surface area contributed by atoms with Crippen molar-refractivity contribution in [3.05, 3.63) is 29.8 Å². The number of benzene rings is 1. The summed E-state index contributed by atoms with van der Waals surface area (Å²) >= 11 is 3.96. The van der Waals surface area contributed by atoms with Gasteiger partial charge in [-0.3, -0.25) is 0 Å². The molecule has 0 atom stereocenters. The third kappa shape index (κ3) is 1.67. The molecule has 2 heteroatoms. The maximum Gasteiger partial charge on any atom is 0.131 e. The second kappa shape index (κ2) is 3.52. The highest BCUT2D eigenvalue weighted by Crippen LogP contribution is 2.15. The zero-order chi connectivity index (χ0) is 7.40. The molecule has 0 bridgehead atoms. The Labute approximate surface area is 66.4 Å². The average Bonchev–Trinajstić information content (AvgIpc) is 1.94. The van der Waals surface area contributed by atoms with Gasteiger partial charge in [0, 0.05) is 0 Å². The summed E-state index contributed by atoms with van der Waals surface area (Å²) in [5.41, 5.74) is 1.15. The van der Waals surface area contributed by atoms with Crippen LogP contribution in [-0.4, -0.2) is 5.94 Å². The van der Waals surface area contributed by atoms with Crippen molar-refractivity contribution >= 4 is 12.6 Å². The van der Waals surface area contributed by atoms with Crippen molar-refractivity contribution in [3.8, 4) is 5.75 Å². The van der Waals surface area contributed by atoms with Crippen LogP contribution in [0.1, 0.15) is 5.56 Å². The fourth-order valence-corrected chi connectivity index (χ4v) is 0.927. The monoisotopic (exact) mass is 154 g/mol. The van der Waals surface area contributed by atoms with Crippen molar-refractivity contribution in [2.45, 2.75) is 6.92 Å². The first-order valence-electron chi connectivity index (χ1n) is 3.14. The first-order valence-corrected chi connectivity index (χ1v) is 3.77. The molecular formula is C8H10OS. The van der Waals surface area contributed by atoms with Crippen molar-refractivity contribution in [2.75, 3.05) is 5.94 Å². The van der Waals surface area contributed by atoms with Crippen LogP contribution in [-0.2, 0) is 0 Å². The van der Waals surface area contributed by atoms with Crippen molar-refractivity contribution in [1.29, 1.82) is 0 Å². The summed E-state index contributed by atoms with van der Waals surface area (Å²) in [6.07, 6.45) is 0. The number of ether oxygens (including phenoxy) is 1. The summed E-state index contributed by atoms with van der Waals surface area (Å²) in [4.78, 5) is 0. The fraction of sp³-hybridized carbons (Fsp3) is 0.250. The average molecular weight is 154 g/mol. The predicted molar refractivity (Wildman–Crippen MR) is 45.7 cm³/mol. The van der Waals surface area contributed by atoms with Gasteiger partial charge in [0.15, 0.2) is 0 Å². The van der Waals surface area contributed by atoms with E-state index in [4.69, 9.17) is 4.74 Å². The van der Waals surface area contributed by atoms with E-state index in [1.807, 2.05) is 31.2 Å². The molecule has 0 amide bonds. The highest BCUT2D eigenvalue weighted by molar-refractivity contribution is 7.80. The third-order valence-corrected chi connectivity index (χ3v) is 1.44. The zero-order valence-corrected chi connectivity index (χ0v) is 6.77. The van der Waals surface area contributed by atoms with Crippen LogP contribution in [0, 0.1) is 6.92 Å². The summed E-state index contributed by atoms with van der Waals surface area (Å²) in [5.74, 6) is 1.35. The molecule has 0 fully saturated rings. The number of hydrogen-bond acceptors (Lipinski definition) is 2. The van der Waals surface area contributed by atoms with E-state index in [-0.39, 0.29) is 0 Å². The van der Waals surface area contributed by atoms with Crippen LogP contribution in [0.3, 0.4) is 0 Å². The Bertz CT molecular complexity index is 210. The van der Waals surface area contributed by atoms with E-state index >= 15 is 0 Å². The van der Waals surface area contributed by atoms with Gasteiger partial charge >= 0.3 is 0 Å². The third-order valence-electron chi connectivity index (χ3n) is 1.31. The number of aryl methyl sites for hydroxylation is 1. The molecule has 1 nitrogen and oxygen atoms in total. The summed E-state index contributed by atoms with van der Waals surface area (Å²) in [6, 6.07) is 7.89. The molecule has 0 heterocycles. The molecular weight excluding hydrogens is 144 g/mol. The molecule has 0 aromatic heterocycles. The normalized spacial score (nSPS) is 9.40. The number of rotatable bonds is 2. The van der Waals surface area contributed by atoms with Gasteiger partial charge < -0.3 is 4.74 Å². The van der Waals surface area contributed by atoms with Gasteiger partial charge in [0.2, 0.25) is 0 Å². The molecule has 0 spiro atoms. The molecule has 0 saturated carbocycles. The highest BCUT2D eigenvalue weighted by Gasteiger charge is 1.93. The van der Waals surface area contributed by atoms with Crippen molar-refractivity contribution < 1.29 is 4.74 Å². The van der Waals surface area contributed by atoms with Crippen molar-refractivity contribution in [2.24, 2.45) is 0 Å². The van der Waals surface area contributed by atoms with Gasteiger partial charge in [0.05, 0.1) is 0 Å². The molecule has 10 heavy (non-hydrogen) atoms. The van der Waals surface area contributed by atoms with E-state index in [2.05, 4.69) is 12.6 Å². The molecule has 0 unspecified atom stereocenters. The Kier molecular flexibility index (Phi) is 2.63. The molecule has 0 saturated heterocycles. The highest BCUT2D eigenvalue weighted by atomic mass is 32.1. The lowest BCUT2D eigenvalue weighted by Gasteiger charge is -2.03. The molecule has 1 aromatic carbocycles. The summed E-state index contributed by atoms with van der Waals surface area (Å²) < 4.78 is 5.20. The number of hydrogen-bond donors (Lipinski definition) is 1. The molecule has 1 rings (SSSR count). The van der Waals surface area contributed by atoms with Crippen LogP contribution >= 0.6 is 12.6 Å². The maximum absolute atomic E-state index is 5.20. The fourth-order valence-electron chi connectivity index (χ4n) is 0.788. The number of thiol groups is 1. The summed E-state index contributed by atoms with van der Waals surface area (Å²) in [6.45, 7) is 2.01. The summed E-state index contributed by atoms with van der Waals surface area (Å²) in [7, 11) is 0. The van der Waals surface area contributed by atoms with E-state index in [1.54, 1.807) is 0 Å². The van der Waals surface area contributed by atoms with Gasteiger partial charge in [-0.2, -0.15) is 0 Å². The minimum Gasteiger partial charge on any atom is -0.483 e. The van der Waals surface area contributed by atoms with E-state index in [9.17, 15) is 0 Å². The topological polar surface area (TPSA) is 9.23 Å². The van der Waals surface area contributed by atoms with E-state index in [0.29, 0.717) is 5.94 Å². The Hall–Kier alpha value is -0.630. The Balaban J connectivity index is 2.81. The van der Waals surface area contributed by atoms with Crippen LogP contribution in [0.5, 0.6) is 5.75 Å². The smallest absolute Gasteiger partial charge is 0.131 e. The van der Waals surface area contributed by atoms with E-state index in [1.165, 1.54) is 0 Å². The lowest BCUT2D eigenvalue weighted by molar-refractivity contribution is 0.392. The molecule has 0 aliphatic carbocycles. The van der Waals surface area contributed by atoms with Gasteiger partial charge in [0.1, 0.15) is 11.7 Å². The largest absolute Gasteiger partial charge is 0.483 e. The molecule has 0 radical (unpaired) electrons. The lowest BCUT2D eigenvalue weighted by atomic mass is 10.2. The van der Waals surface area contributed by atoms with Gasteiger partial charge in [-0.25, -0.2) is 0 Å². The van der Waals surface area contributed by atoms with Gasteiger partial charge in [0.25, 0.3) is 0 Å². The Morgan fingerprint density at radius 1 is 1.40 bits per heavy atom.